The second-order valence-corrected chi connectivity index (χ2v) is 8.80. The predicted molar refractivity (Wildman–Crippen MR) is 130 cm³/mol. The topological polar surface area (TPSA) is 55.3 Å². The summed E-state index contributed by atoms with van der Waals surface area (Å²) in [4.78, 5) is 7.25. The number of unbranched alkanes of at least 4 members (excludes halogenated alkanes) is 1. The molecule has 6 nitrogen and oxygen atoms in total. The van der Waals surface area contributed by atoms with Crippen molar-refractivity contribution in [2.24, 2.45) is 4.99 Å². The lowest BCUT2D eigenvalue weighted by Crippen LogP contribution is -2.47. The van der Waals surface area contributed by atoms with Gasteiger partial charge in [0.25, 0.3) is 0 Å². The maximum absolute atomic E-state index is 6.16. The van der Waals surface area contributed by atoms with E-state index in [0.717, 1.165) is 97.1 Å². The van der Waals surface area contributed by atoms with E-state index in [9.17, 15) is 0 Å². The Bertz CT molecular complexity index is 626. The van der Waals surface area contributed by atoms with Crippen molar-refractivity contribution in [3.63, 3.8) is 0 Å². The molecule has 1 unspecified atom stereocenters. The first-order valence-corrected chi connectivity index (χ1v) is 12.7. The first kappa shape index (κ1) is 25.0. The molecule has 3 rings (SSSR count). The van der Waals surface area contributed by atoms with Gasteiger partial charge in [-0.25, -0.2) is 0 Å². The summed E-state index contributed by atoms with van der Waals surface area (Å²) in [7, 11) is 0. The minimum atomic E-state index is 0.308. The Labute approximate surface area is 194 Å². The lowest BCUT2D eigenvalue weighted by Gasteiger charge is -2.35. The van der Waals surface area contributed by atoms with E-state index in [4.69, 9.17) is 19.2 Å². The van der Waals surface area contributed by atoms with Gasteiger partial charge in [-0.2, -0.15) is 0 Å². The van der Waals surface area contributed by atoms with Gasteiger partial charge >= 0.3 is 0 Å². The van der Waals surface area contributed by atoms with E-state index in [1.807, 2.05) is 0 Å². The summed E-state index contributed by atoms with van der Waals surface area (Å²) >= 11 is 0. The molecule has 0 aliphatic carbocycles. The zero-order valence-electron chi connectivity index (χ0n) is 20.0. The van der Waals surface area contributed by atoms with Gasteiger partial charge < -0.3 is 24.4 Å². The summed E-state index contributed by atoms with van der Waals surface area (Å²) in [5.41, 5.74) is 1.34. The van der Waals surface area contributed by atoms with Crippen molar-refractivity contribution < 1.29 is 14.2 Å². The van der Waals surface area contributed by atoms with Crippen LogP contribution in [-0.2, 0) is 20.6 Å². The number of benzene rings is 1. The normalized spacial score (nSPS) is 20.5. The van der Waals surface area contributed by atoms with Crippen molar-refractivity contribution in [1.82, 2.24) is 10.2 Å². The maximum Gasteiger partial charge on any atom is 0.193 e. The van der Waals surface area contributed by atoms with Crippen LogP contribution in [0.25, 0.3) is 0 Å². The fraction of sp³-hybridized carbons (Fsp3) is 0.731. The van der Waals surface area contributed by atoms with Crippen LogP contribution in [0.2, 0.25) is 0 Å². The lowest BCUT2D eigenvalue weighted by atomic mass is 10.1. The Balaban J connectivity index is 1.26. The molecule has 1 atom stereocenters. The van der Waals surface area contributed by atoms with Crippen LogP contribution in [-0.4, -0.2) is 75.7 Å². The van der Waals surface area contributed by atoms with E-state index < -0.39 is 0 Å². The van der Waals surface area contributed by atoms with Crippen LogP contribution in [0.4, 0.5) is 0 Å². The quantitative estimate of drug-likeness (QED) is 0.299. The second kappa shape index (κ2) is 15.3. The first-order valence-electron chi connectivity index (χ1n) is 12.7. The van der Waals surface area contributed by atoms with Crippen LogP contribution in [0, 0.1) is 0 Å². The molecule has 0 spiro atoms. The Morgan fingerprint density at radius 1 is 1.09 bits per heavy atom. The van der Waals surface area contributed by atoms with Gasteiger partial charge in [0, 0.05) is 39.4 Å². The standard InChI is InChI=1S/C26H43N3O3/c1-2-27-26(28-16-7-9-19-30-21-15-23-10-4-3-5-11-23)29-17-13-24(14-18-29)32-22-25-12-6-8-20-31-25/h3-5,10-11,24-25H,2,6-9,12-22H2,1H3,(H,27,28). The molecule has 0 bridgehead atoms. The van der Waals surface area contributed by atoms with Crippen LogP contribution >= 0.6 is 0 Å². The summed E-state index contributed by atoms with van der Waals surface area (Å²) in [6, 6.07) is 10.5. The number of hydrogen-bond acceptors (Lipinski definition) is 4. The summed E-state index contributed by atoms with van der Waals surface area (Å²) < 4.78 is 17.7. The SMILES string of the molecule is CCNC(=NCCCCOCCc1ccccc1)N1CCC(OCC2CCCCO2)CC1. The number of likely N-dealkylation sites (tertiary alicyclic amines) is 1. The Morgan fingerprint density at radius 3 is 2.69 bits per heavy atom. The molecule has 6 heteroatoms. The van der Waals surface area contributed by atoms with Crippen molar-refractivity contribution in [2.45, 2.75) is 70.5 Å². The highest BCUT2D eigenvalue weighted by molar-refractivity contribution is 5.80. The molecule has 1 aromatic carbocycles. The molecule has 180 valence electrons. The summed E-state index contributed by atoms with van der Waals surface area (Å²) in [5, 5.41) is 3.46. The Morgan fingerprint density at radius 2 is 1.94 bits per heavy atom. The number of ether oxygens (including phenoxy) is 3. The fourth-order valence-electron chi connectivity index (χ4n) is 4.28. The molecule has 1 N–H and O–H groups in total. The Kier molecular flexibility index (Phi) is 11.9. The van der Waals surface area contributed by atoms with Gasteiger partial charge in [-0.3, -0.25) is 4.99 Å². The number of rotatable bonds is 12. The highest BCUT2D eigenvalue weighted by Crippen LogP contribution is 2.18. The molecule has 2 aliphatic rings. The van der Waals surface area contributed by atoms with Crippen molar-refractivity contribution >= 4 is 5.96 Å². The van der Waals surface area contributed by atoms with Gasteiger partial charge in [-0.1, -0.05) is 30.3 Å². The van der Waals surface area contributed by atoms with Crippen LogP contribution in [0.1, 0.15) is 57.4 Å². The number of nitrogens with zero attached hydrogens (tertiary/aromatic N) is 2. The van der Waals surface area contributed by atoms with Gasteiger partial charge in [0.1, 0.15) is 0 Å². The fourth-order valence-corrected chi connectivity index (χ4v) is 4.28. The number of nitrogens with one attached hydrogen (secondary N) is 1. The van der Waals surface area contributed by atoms with Crippen molar-refractivity contribution in [1.29, 1.82) is 0 Å². The summed E-state index contributed by atoms with van der Waals surface area (Å²) in [6.07, 6.45) is 9.50. The number of hydrogen-bond donors (Lipinski definition) is 1. The molecule has 0 aromatic heterocycles. The average Bonchev–Trinajstić information content (AvgIpc) is 2.85. The monoisotopic (exact) mass is 445 g/mol. The van der Waals surface area contributed by atoms with Gasteiger partial charge in [-0.15, -0.1) is 0 Å². The van der Waals surface area contributed by atoms with E-state index in [0.29, 0.717) is 12.2 Å². The largest absolute Gasteiger partial charge is 0.381 e. The molecule has 2 fully saturated rings. The second-order valence-electron chi connectivity index (χ2n) is 8.80. The summed E-state index contributed by atoms with van der Waals surface area (Å²) in [5.74, 6) is 1.05. The van der Waals surface area contributed by atoms with Crippen molar-refractivity contribution in [3.8, 4) is 0 Å². The van der Waals surface area contributed by atoms with Crippen LogP contribution in [0.3, 0.4) is 0 Å². The van der Waals surface area contributed by atoms with Crippen LogP contribution in [0.5, 0.6) is 0 Å². The molecule has 2 heterocycles. The number of aliphatic imine (C=N–C) groups is 1. The maximum atomic E-state index is 6.16. The molecule has 32 heavy (non-hydrogen) atoms. The molecular formula is C26H43N3O3. The van der Waals surface area contributed by atoms with Gasteiger partial charge in [-0.05, 0) is 63.9 Å². The minimum absolute atomic E-state index is 0.308. The third-order valence-electron chi connectivity index (χ3n) is 6.20. The third kappa shape index (κ3) is 9.47. The molecule has 2 saturated heterocycles. The van der Waals surface area contributed by atoms with E-state index in [1.165, 1.54) is 18.4 Å². The molecule has 2 aliphatic heterocycles. The smallest absolute Gasteiger partial charge is 0.193 e. The van der Waals surface area contributed by atoms with Crippen LogP contribution < -0.4 is 5.32 Å². The van der Waals surface area contributed by atoms with Gasteiger partial charge in [0.15, 0.2) is 5.96 Å². The zero-order valence-corrected chi connectivity index (χ0v) is 20.0. The highest BCUT2D eigenvalue weighted by atomic mass is 16.5. The first-order chi connectivity index (χ1) is 15.8. The predicted octanol–water partition coefficient (Wildman–Crippen LogP) is 4.04. The van der Waals surface area contributed by atoms with Crippen molar-refractivity contribution in [2.75, 3.05) is 52.6 Å². The lowest BCUT2D eigenvalue weighted by molar-refractivity contribution is -0.0721. The van der Waals surface area contributed by atoms with E-state index >= 15 is 0 Å². The Hall–Kier alpha value is -1.63. The molecule has 0 amide bonds. The zero-order chi connectivity index (χ0) is 22.3. The number of guanidine groups is 1. The van der Waals surface area contributed by atoms with Crippen molar-refractivity contribution in [3.05, 3.63) is 35.9 Å². The molecule has 0 saturated carbocycles. The van der Waals surface area contributed by atoms with E-state index in [-0.39, 0.29) is 0 Å². The molecule has 1 aromatic rings. The summed E-state index contributed by atoms with van der Waals surface area (Å²) in [6.45, 7) is 9.15. The van der Waals surface area contributed by atoms with Crippen LogP contribution in [0.15, 0.2) is 35.3 Å². The van der Waals surface area contributed by atoms with Gasteiger partial charge in [0.2, 0.25) is 0 Å². The molecular weight excluding hydrogens is 402 g/mol. The minimum Gasteiger partial charge on any atom is -0.381 e. The van der Waals surface area contributed by atoms with Gasteiger partial charge in [0.05, 0.1) is 25.4 Å². The average molecular weight is 446 g/mol. The molecule has 0 radical (unpaired) electrons. The third-order valence-corrected chi connectivity index (χ3v) is 6.20. The highest BCUT2D eigenvalue weighted by Gasteiger charge is 2.23. The van der Waals surface area contributed by atoms with E-state index in [2.05, 4.69) is 47.5 Å². The number of piperidine rings is 1. The van der Waals surface area contributed by atoms with E-state index in [1.54, 1.807) is 0 Å².